The largest absolute Gasteiger partial charge is 0.508 e. The first-order valence-electron chi connectivity index (χ1n) is 9.10. The molecule has 3 nitrogen and oxygen atoms in total. The van der Waals surface area contributed by atoms with Crippen molar-refractivity contribution >= 4 is 0 Å². The van der Waals surface area contributed by atoms with Crippen molar-refractivity contribution in [2.24, 2.45) is 22.7 Å². The van der Waals surface area contributed by atoms with Gasteiger partial charge in [-0.2, -0.15) is 0 Å². The van der Waals surface area contributed by atoms with Crippen LogP contribution in [0.4, 0.5) is 0 Å². The molecule has 0 amide bonds. The minimum absolute atomic E-state index is 0.0225. The van der Waals surface area contributed by atoms with Gasteiger partial charge in [-0.15, -0.1) is 0 Å². The third-order valence-corrected chi connectivity index (χ3v) is 7.39. The molecule has 0 saturated heterocycles. The number of rotatable bonds is 2. The zero-order chi connectivity index (χ0) is 17.7. The molecule has 4 atom stereocenters. The summed E-state index contributed by atoms with van der Waals surface area (Å²) < 4.78 is 0. The van der Waals surface area contributed by atoms with Crippen LogP contribution in [-0.2, 0) is 6.42 Å². The second kappa shape index (κ2) is 5.72. The van der Waals surface area contributed by atoms with E-state index in [9.17, 15) is 15.3 Å². The van der Waals surface area contributed by atoms with E-state index in [0.717, 1.165) is 19.3 Å². The van der Waals surface area contributed by atoms with Gasteiger partial charge in [0.25, 0.3) is 0 Å². The molecule has 24 heavy (non-hydrogen) atoms. The highest BCUT2D eigenvalue weighted by Gasteiger charge is 2.53. The van der Waals surface area contributed by atoms with Gasteiger partial charge in [-0.3, -0.25) is 0 Å². The molecule has 1 fully saturated rings. The highest BCUT2D eigenvalue weighted by Crippen LogP contribution is 2.62. The predicted octanol–water partition coefficient (Wildman–Crippen LogP) is 5.14. The number of phenolic OH excluding ortho intramolecular Hbond substituents is 3. The Morgan fingerprint density at radius 2 is 1.75 bits per heavy atom. The van der Waals surface area contributed by atoms with E-state index in [1.54, 1.807) is 0 Å². The second-order valence-corrected chi connectivity index (χ2v) is 8.49. The summed E-state index contributed by atoms with van der Waals surface area (Å²) in [6.07, 6.45) is 7.58. The fourth-order valence-electron chi connectivity index (χ4n) is 5.38. The van der Waals surface area contributed by atoms with Gasteiger partial charge >= 0.3 is 0 Å². The van der Waals surface area contributed by atoms with Crippen molar-refractivity contribution in [3.8, 4) is 17.2 Å². The van der Waals surface area contributed by atoms with Gasteiger partial charge in [-0.25, -0.2) is 0 Å². The van der Waals surface area contributed by atoms with E-state index in [1.165, 1.54) is 24.1 Å². The van der Waals surface area contributed by atoms with E-state index in [4.69, 9.17) is 0 Å². The molecule has 0 aliphatic heterocycles. The van der Waals surface area contributed by atoms with Crippen molar-refractivity contribution in [2.45, 2.75) is 59.8 Å². The molecular weight excluding hydrogens is 300 g/mol. The van der Waals surface area contributed by atoms with Gasteiger partial charge in [0.05, 0.1) is 0 Å². The Labute approximate surface area is 145 Å². The Hall–Kier alpha value is -1.64. The maximum absolute atomic E-state index is 10.3. The summed E-state index contributed by atoms with van der Waals surface area (Å²) in [5.74, 6) is 0.771. The maximum atomic E-state index is 10.3. The second-order valence-electron chi connectivity index (χ2n) is 8.49. The van der Waals surface area contributed by atoms with Gasteiger partial charge in [0.1, 0.15) is 5.75 Å². The van der Waals surface area contributed by atoms with Gasteiger partial charge in [-0.05, 0) is 73.8 Å². The lowest BCUT2D eigenvalue weighted by Gasteiger charge is -2.58. The van der Waals surface area contributed by atoms with Crippen LogP contribution >= 0.6 is 0 Å². The zero-order valence-corrected chi connectivity index (χ0v) is 15.3. The molecule has 0 unspecified atom stereocenters. The average Bonchev–Trinajstić information content (AvgIpc) is 2.54. The van der Waals surface area contributed by atoms with Gasteiger partial charge in [-0.1, -0.05) is 32.4 Å². The van der Waals surface area contributed by atoms with E-state index in [-0.39, 0.29) is 28.1 Å². The first-order valence-corrected chi connectivity index (χ1v) is 9.10. The van der Waals surface area contributed by atoms with Crippen molar-refractivity contribution < 1.29 is 15.3 Å². The van der Waals surface area contributed by atoms with Crippen LogP contribution in [-0.4, -0.2) is 15.3 Å². The van der Waals surface area contributed by atoms with Crippen molar-refractivity contribution in [1.82, 2.24) is 0 Å². The van der Waals surface area contributed by atoms with Crippen LogP contribution in [0.1, 0.15) is 58.9 Å². The molecule has 2 aliphatic rings. The Bertz CT molecular complexity index is 678. The zero-order valence-electron chi connectivity index (χ0n) is 15.3. The molecule has 3 rings (SSSR count). The summed E-state index contributed by atoms with van der Waals surface area (Å²) in [6, 6.07) is 2.82. The first kappa shape index (κ1) is 17.2. The van der Waals surface area contributed by atoms with E-state index in [2.05, 4.69) is 33.8 Å². The van der Waals surface area contributed by atoms with Gasteiger partial charge in [0.2, 0.25) is 0 Å². The van der Waals surface area contributed by atoms with Crippen LogP contribution in [0.25, 0.3) is 0 Å². The molecule has 2 aliphatic carbocycles. The third-order valence-electron chi connectivity index (χ3n) is 7.39. The van der Waals surface area contributed by atoms with Crippen LogP contribution in [0.5, 0.6) is 17.2 Å². The predicted molar refractivity (Wildman–Crippen MR) is 96.2 cm³/mol. The highest BCUT2D eigenvalue weighted by molar-refractivity contribution is 5.52. The lowest BCUT2D eigenvalue weighted by Crippen LogP contribution is -2.50. The Morgan fingerprint density at radius 1 is 1.08 bits per heavy atom. The van der Waals surface area contributed by atoms with Crippen LogP contribution in [0.3, 0.4) is 0 Å². The van der Waals surface area contributed by atoms with Crippen LogP contribution in [0.2, 0.25) is 0 Å². The van der Waals surface area contributed by atoms with Crippen molar-refractivity contribution in [1.29, 1.82) is 0 Å². The summed E-state index contributed by atoms with van der Waals surface area (Å²) in [7, 11) is 0. The molecule has 0 bridgehead atoms. The van der Waals surface area contributed by atoms with Gasteiger partial charge in [0.15, 0.2) is 11.5 Å². The molecule has 0 radical (unpaired) electrons. The Morgan fingerprint density at radius 3 is 2.46 bits per heavy atom. The molecule has 0 spiro atoms. The van der Waals surface area contributed by atoms with Gasteiger partial charge in [0, 0.05) is 5.56 Å². The monoisotopic (exact) mass is 330 g/mol. The fourth-order valence-corrected chi connectivity index (χ4v) is 5.38. The fraction of sp³-hybridized carbons (Fsp3) is 0.619. The SMILES string of the molecule is CC1=CCC[C@H]2[C@](C)(Cc3c(O)ccc(O)c3O)[C@@H](C)CC[C@]12C. The number of phenols is 3. The van der Waals surface area contributed by atoms with Gasteiger partial charge < -0.3 is 15.3 Å². The van der Waals surface area contributed by atoms with E-state index >= 15 is 0 Å². The number of allylic oxidation sites excluding steroid dienone is 2. The minimum atomic E-state index is -0.168. The third kappa shape index (κ3) is 2.40. The topological polar surface area (TPSA) is 60.7 Å². The number of aromatic hydroxyl groups is 3. The quantitative estimate of drug-likeness (QED) is 0.399. The number of fused-ring (bicyclic) bond motifs is 1. The normalized spacial score (nSPS) is 36.1. The number of benzene rings is 1. The lowest BCUT2D eigenvalue weighted by molar-refractivity contribution is -0.0415. The summed E-state index contributed by atoms with van der Waals surface area (Å²) in [5, 5.41) is 30.4. The lowest BCUT2D eigenvalue weighted by atomic mass is 9.47. The van der Waals surface area contributed by atoms with E-state index in [1.807, 2.05) is 0 Å². The standard InChI is InChI=1S/C21H30O3/c1-13-6-5-7-18-20(13,3)11-10-14(2)21(18,4)12-15-16(22)8-9-17(23)19(15)24/h6,8-9,14,18,22-24H,5,7,10-12H2,1-4H3/t14-,18+,20+,21+/m0/s1. The summed E-state index contributed by atoms with van der Waals surface area (Å²) >= 11 is 0. The summed E-state index contributed by atoms with van der Waals surface area (Å²) in [5.41, 5.74) is 2.15. The molecule has 132 valence electrons. The van der Waals surface area contributed by atoms with Crippen LogP contribution in [0.15, 0.2) is 23.8 Å². The van der Waals surface area contributed by atoms with E-state index < -0.39 is 0 Å². The molecule has 1 aromatic carbocycles. The van der Waals surface area contributed by atoms with Crippen molar-refractivity contribution in [2.75, 3.05) is 0 Å². The number of hydrogen-bond donors (Lipinski definition) is 3. The Balaban J connectivity index is 2.05. The Kier molecular flexibility index (Phi) is 4.09. The van der Waals surface area contributed by atoms with Crippen molar-refractivity contribution in [3.63, 3.8) is 0 Å². The summed E-state index contributed by atoms with van der Waals surface area (Å²) in [6.45, 7) is 9.24. The maximum Gasteiger partial charge on any atom is 0.164 e. The number of hydrogen-bond acceptors (Lipinski definition) is 3. The van der Waals surface area contributed by atoms with Crippen LogP contribution in [0, 0.1) is 22.7 Å². The first-order chi connectivity index (χ1) is 11.2. The van der Waals surface area contributed by atoms with E-state index in [0.29, 0.717) is 23.8 Å². The molecule has 0 aromatic heterocycles. The molecule has 3 heteroatoms. The minimum Gasteiger partial charge on any atom is -0.508 e. The molecular formula is C21H30O3. The van der Waals surface area contributed by atoms with Crippen molar-refractivity contribution in [3.05, 3.63) is 29.3 Å². The molecule has 1 saturated carbocycles. The highest BCUT2D eigenvalue weighted by atomic mass is 16.3. The summed E-state index contributed by atoms with van der Waals surface area (Å²) in [4.78, 5) is 0. The smallest absolute Gasteiger partial charge is 0.164 e. The van der Waals surface area contributed by atoms with Crippen LogP contribution < -0.4 is 0 Å². The average molecular weight is 330 g/mol. The molecule has 3 N–H and O–H groups in total. The molecule has 1 aromatic rings. The molecule has 0 heterocycles.